The molecule has 0 aliphatic carbocycles. The summed E-state index contributed by atoms with van der Waals surface area (Å²) in [6.45, 7) is 6.61. The van der Waals surface area contributed by atoms with Crippen molar-refractivity contribution in [3.8, 4) is 0 Å². The number of aromatic amines is 2. The summed E-state index contributed by atoms with van der Waals surface area (Å²) in [6.07, 6.45) is -3.45. The van der Waals surface area contributed by atoms with Crippen molar-refractivity contribution in [1.29, 1.82) is 0 Å². The van der Waals surface area contributed by atoms with Crippen molar-refractivity contribution < 1.29 is 34.2 Å². The summed E-state index contributed by atoms with van der Waals surface area (Å²) < 4.78 is 15.1. The fraction of sp³-hybridized carbons (Fsp3) is 0.455. The highest BCUT2D eigenvalue weighted by molar-refractivity contribution is 7.46. The fourth-order valence-corrected chi connectivity index (χ4v) is 4.20. The van der Waals surface area contributed by atoms with Gasteiger partial charge in [0.15, 0.2) is 0 Å². The molecule has 36 heavy (non-hydrogen) atoms. The van der Waals surface area contributed by atoms with Crippen molar-refractivity contribution >= 4 is 30.7 Å². The molecular weight excluding hydrogens is 495 g/mol. The van der Waals surface area contributed by atoms with Crippen LogP contribution in [0.5, 0.6) is 0 Å². The van der Waals surface area contributed by atoms with Crippen LogP contribution in [0.15, 0.2) is 33.4 Å². The Labute approximate surface area is 206 Å². The van der Waals surface area contributed by atoms with E-state index in [9.17, 15) is 29.5 Å². The van der Waals surface area contributed by atoms with Gasteiger partial charge in [-0.3, -0.25) is 19.3 Å². The summed E-state index contributed by atoms with van der Waals surface area (Å²) in [4.78, 5) is 50.8. The first kappa shape index (κ1) is 27.8. The van der Waals surface area contributed by atoms with Gasteiger partial charge in [0.05, 0.1) is 24.5 Å². The van der Waals surface area contributed by atoms with Gasteiger partial charge in [0, 0.05) is 6.54 Å². The molecule has 0 saturated heterocycles. The Bertz CT molecular complexity index is 1310. The van der Waals surface area contributed by atoms with E-state index in [1.54, 1.807) is 4.90 Å². The number of anilines is 4. The van der Waals surface area contributed by atoms with Crippen LogP contribution in [-0.4, -0.2) is 73.1 Å². The molecule has 3 atom stereocenters. The van der Waals surface area contributed by atoms with Crippen LogP contribution in [-0.2, 0) is 9.09 Å². The summed E-state index contributed by atoms with van der Waals surface area (Å²) in [7, 11) is -4.91. The minimum Gasteiger partial charge on any atom is -0.388 e. The number of hydrogen-bond acceptors (Lipinski definition) is 9. The van der Waals surface area contributed by atoms with E-state index in [4.69, 9.17) is 9.79 Å². The molecule has 0 saturated carbocycles. The molecule has 0 bridgehead atoms. The number of aryl methyl sites for hydroxylation is 2. The molecule has 1 aromatic heterocycles. The van der Waals surface area contributed by atoms with E-state index in [2.05, 4.69) is 14.5 Å². The number of nitrogens with one attached hydrogen (secondary N) is 2. The van der Waals surface area contributed by atoms with Crippen LogP contribution >= 0.6 is 7.82 Å². The maximum Gasteiger partial charge on any atom is 0.469 e. The Balaban J connectivity index is 2.08. The van der Waals surface area contributed by atoms with Crippen molar-refractivity contribution in [3.63, 3.8) is 0 Å². The zero-order chi connectivity index (χ0) is 26.9. The number of aliphatic hydroxyl groups is 3. The third kappa shape index (κ3) is 6.13. The molecule has 0 fully saturated rings. The minimum atomic E-state index is -4.91. The van der Waals surface area contributed by atoms with Crippen LogP contribution in [0.25, 0.3) is 0 Å². The summed E-state index contributed by atoms with van der Waals surface area (Å²) >= 11 is 0. The molecule has 0 spiro atoms. The highest BCUT2D eigenvalue weighted by Gasteiger charge is 2.36. The predicted octanol–water partition coefficient (Wildman–Crippen LogP) is 0.428. The third-order valence-electron chi connectivity index (χ3n) is 5.86. The van der Waals surface area contributed by atoms with Crippen molar-refractivity contribution in [1.82, 2.24) is 9.97 Å². The van der Waals surface area contributed by atoms with Gasteiger partial charge in [0.1, 0.15) is 29.8 Å². The van der Waals surface area contributed by atoms with Crippen molar-refractivity contribution in [2.45, 2.75) is 46.0 Å². The van der Waals surface area contributed by atoms with E-state index in [-0.39, 0.29) is 18.1 Å². The second kappa shape index (κ2) is 10.7. The van der Waals surface area contributed by atoms with Crippen molar-refractivity contribution in [3.05, 3.63) is 55.7 Å². The molecule has 3 rings (SSSR count). The Kier molecular flexibility index (Phi) is 8.26. The normalized spacial score (nSPS) is 15.7. The minimum absolute atomic E-state index is 0.0777. The molecule has 1 aliphatic heterocycles. The molecular formula is C22H31N4O9P. The van der Waals surface area contributed by atoms with Gasteiger partial charge in [-0.15, -0.1) is 0 Å². The van der Waals surface area contributed by atoms with Gasteiger partial charge in [-0.05, 0) is 51.0 Å². The fourth-order valence-electron chi connectivity index (χ4n) is 3.85. The number of H-pyrrole nitrogens is 2. The second-order valence-corrected chi connectivity index (χ2v) is 10.2. The smallest absolute Gasteiger partial charge is 0.388 e. The first-order valence-electron chi connectivity index (χ1n) is 11.1. The van der Waals surface area contributed by atoms with Crippen LogP contribution < -0.4 is 21.0 Å². The van der Waals surface area contributed by atoms with Crippen LogP contribution in [0.3, 0.4) is 0 Å². The molecule has 14 heteroatoms. The number of allylic oxidation sites excluding steroid dienone is 1. The average Bonchev–Trinajstić information content (AvgIpc) is 2.77. The highest BCUT2D eigenvalue weighted by atomic mass is 31.2. The van der Waals surface area contributed by atoms with Crippen LogP contribution in [0, 0.1) is 13.8 Å². The van der Waals surface area contributed by atoms with E-state index in [1.165, 1.54) is 4.90 Å². The lowest BCUT2D eigenvalue weighted by Crippen LogP contribution is -2.47. The molecule has 1 aliphatic rings. The van der Waals surface area contributed by atoms with Gasteiger partial charge in [0.2, 0.25) is 0 Å². The second-order valence-electron chi connectivity index (χ2n) is 8.94. The number of β-amino-alcohol motifs (C(OH)–C–C–N with tert-alkyl or cyclic N) is 1. The zero-order valence-electron chi connectivity index (χ0n) is 20.3. The lowest BCUT2D eigenvalue weighted by atomic mass is 10.0. The van der Waals surface area contributed by atoms with Gasteiger partial charge >= 0.3 is 13.5 Å². The van der Waals surface area contributed by atoms with Crippen LogP contribution in [0.2, 0.25) is 0 Å². The van der Waals surface area contributed by atoms with Crippen LogP contribution in [0.4, 0.5) is 22.9 Å². The number of phosphoric acid groups is 1. The molecule has 0 unspecified atom stereocenters. The van der Waals surface area contributed by atoms with Gasteiger partial charge in [-0.2, -0.15) is 0 Å². The number of rotatable bonds is 9. The number of phosphoric ester groups is 1. The third-order valence-corrected chi connectivity index (χ3v) is 6.35. The zero-order valence-corrected chi connectivity index (χ0v) is 21.2. The SMILES string of the molecule is CC(C)=CCN1c2cc(C)c(C)cc2N(C[C@H](O)[C@H](O)[C@H](O)COP(=O)(O)O)c2[nH]c(=O)[nH]c(=O)c21. The molecule has 0 radical (unpaired) electrons. The molecule has 2 aromatic rings. The Morgan fingerprint density at radius 2 is 1.61 bits per heavy atom. The number of fused-ring (bicyclic) bond motifs is 2. The lowest BCUT2D eigenvalue weighted by molar-refractivity contribution is -0.0717. The largest absolute Gasteiger partial charge is 0.469 e. The Hall–Kier alpha value is -2.77. The van der Waals surface area contributed by atoms with Gasteiger partial charge in [0.25, 0.3) is 5.56 Å². The van der Waals surface area contributed by atoms with E-state index < -0.39 is 44.0 Å². The van der Waals surface area contributed by atoms with Gasteiger partial charge < -0.3 is 34.9 Å². The highest BCUT2D eigenvalue weighted by Crippen LogP contribution is 2.46. The first-order valence-corrected chi connectivity index (χ1v) is 12.6. The van der Waals surface area contributed by atoms with E-state index >= 15 is 0 Å². The van der Waals surface area contributed by atoms with E-state index in [0.717, 1.165) is 16.7 Å². The number of nitrogens with zero attached hydrogens (tertiary/aromatic N) is 2. The topological polar surface area (TPSA) is 200 Å². The summed E-state index contributed by atoms with van der Waals surface area (Å²) in [5.41, 5.74) is 2.67. The molecule has 13 nitrogen and oxygen atoms in total. The molecule has 198 valence electrons. The maximum absolute atomic E-state index is 12.9. The molecule has 7 N–H and O–H groups in total. The average molecular weight is 526 g/mol. The Morgan fingerprint density at radius 1 is 1.03 bits per heavy atom. The summed E-state index contributed by atoms with van der Waals surface area (Å²) in [6, 6.07) is 3.69. The van der Waals surface area contributed by atoms with Crippen molar-refractivity contribution in [2.75, 3.05) is 29.5 Å². The number of hydrogen-bond donors (Lipinski definition) is 7. The standard InChI is InChI=1S/C22H31N4O9P/c1-11(2)5-6-25-14-7-12(3)13(4)8-15(14)26(20-18(25)21(30)24-22(31)23-20)9-16(27)19(29)17(28)10-35-36(32,33)34/h5,7-8,16-17,19,27-29H,6,9-10H2,1-4H3,(H2,32,33,34)(H2,23,24,30,31)/t16-,17+,19-/m0/s1. The lowest BCUT2D eigenvalue weighted by Gasteiger charge is -2.40. The van der Waals surface area contributed by atoms with E-state index in [0.29, 0.717) is 17.9 Å². The predicted molar refractivity (Wildman–Crippen MR) is 133 cm³/mol. The molecule has 1 aromatic carbocycles. The maximum atomic E-state index is 12.9. The number of aromatic nitrogens is 2. The van der Waals surface area contributed by atoms with E-state index in [1.807, 2.05) is 45.9 Å². The summed E-state index contributed by atoms with van der Waals surface area (Å²) in [5.74, 6) is 0.0777. The van der Waals surface area contributed by atoms with Gasteiger partial charge in [-0.1, -0.05) is 11.6 Å². The number of aliphatic hydroxyl groups excluding tert-OH is 3. The summed E-state index contributed by atoms with van der Waals surface area (Å²) in [5, 5.41) is 31.2. The Morgan fingerprint density at radius 3 is 2.17 bits per heavy atom. The monoisotopic (exact) mass is 526 g/mol. The van der Waals surface area contributed by atoms with Crippen molar-refractivity contribution in [2.24, 2.45) is 0 Å². The molecule has 2 heterocycles. The first-order chi connectivity index (χ1) is 16.7. The molecule has 0 amide bonds. The number of benzene rings is 1. The quantitative estimate of drug-likeness (QED) is 0.176. The van der Waals surface area contributed by atoms with Gasteiger partial charge in [-0.25, -0.2) is 9.36 Å². The van der Waals surface area contributed by atoms with Crippen LogP contribution in [0.1, 0.15) is 25.0 Å².